The topological polar surface area (TPSA) is 72.8 Å². The van der Waals surface area contributed by atoms with Gasteiger partial charge in [-0.25, -0.2) is 4.79 Å². The highest BCUT2D eigenvalue weighted by Crippen LogP contribution is 2.15. The third kappa shape index (κ3) is 4.05. The first-order valence-corrected chi connectivity index (χ1v) is 5.51. The lowest BCUT2D eigenvalue weighted by Gasteiger charge is -2.22. The van der Waals surface area contributed by atoms with Gasteiger partial charge in [0.05, 0.1) is 17.4 Å². The van der Waals surface area contributed by atoms with Crippen LogP contribution in [0.2, 0.25) is 0 Å². The van der Waals surface area contributed by atoms with E-state index >= 15 is 0 Å². The molecule has 0 spiro atoms. The third-order valence-corrected chi connectivity index (χ3v) is 2.31. The van der Waals surface area contributed by atoms with E-state index in [1.165, 1.54) is 24.3 Å². The Bertz CT molecular complexity index is 379. The van der Waals surface area contributed by atoms with Gasteiger partial charge < -0.3 is 15.2 Å². The van der Waals surface area contributed by atoms with Crippen LogP contribution in [0.25, 0.3) is 0 Å². The molecule has 0 aliphatic carbocycles. The summed E-state index contributed by atoms with van der Waals surface area (Å²) in [6.45, 7) is 3.82. The molecule has 5 nitrogen and oxygen atoms in total. The maximum Gasteiger partial charge on any atom is 0.338 e. The van der Waals surface area contributed by atoms with E-state index < -0.39 is 5.97 Å². The van der Waals surface area contributed by atoms with Gasteiger partial charge in [0, 0.05) is 0 Å². The molecule has 5 heteroatoms. The summed E-state index contributed by atoms with van der Waals surface area (Å²) >= 11 is 0. The molecular weight excluding hydrogens is 222 g/mol. The molecule has 0 heterocycles. The van der Waals surface area contributed by atoms with Crippen LogP contribution in [-0.4, -0.2) is 17.3 Å². The smallest absolute Gasteiger partial charge is 0.338 e. The number of esters is 1. The Labute approximate surface area is 100 Å². The van der Waals surface area contributed by atoms with Crippen molar-refractivity contribution in [1.29, 1.82) is 0 Å². The highest BCUT2D eigenvalue weighted by molar-refractivity contribution is 5.90. The van der Waals surface area contributed by atoms with Gasteiger partial charge in [0.15, 0.2) is 0 Å². The molecule has 94 valence electrons. The molecule has 0 radical (unpaired) electrons. The van der Waals surface area contributed by atoms with Crippen LogP contribution >= 0.6 is 0 Å². The van der Waals surface area contributed by atoms with Crippen molar-refractivity contribution in [2.75, 3.05) is 5.23 Å². The first-order valence-electron chi connectivity index (χ1n) is 5.51. The fourth-order valence-corrected chi connectivity index (χ4v) is 1.47. The van der Waals surface area contributed by atoms with Crippen LogP contribution in [0.3, 0.4) is 0 Å². The van der Waals surface area contributed by atoms with Gasteiger partial charge in [0.25, 0.3) is 0 Å². The highest BCUT2D eigenvalue weighted by Gasteiger charge is 2.11. The Hall–Kier alpha value is -1.59. The average Bonchev–Trinajstić information content (AvgIpc) is 2.29. The second-order valence-corrected chi connectivity index (χ2v) is 3.83. The van der Waals surface area contributed by atoms with Crippen molar-refractivity contribution < 1.29 is 14.7 Å². The Morgan fingerprint density at radius 1 is 1.59 bits per heavy atom. The summed E-state index contributed by atoms with van der Waals surface area (Å²) in [4.78, 5) is 11.7. The van der Waals surface area contributed by atoms with Gasteiger partial charge in [-0.2, -0.15) is 0 Å². The maximum atomic E-state index is 11.7. The van der Waals surface area contributed by atoms with Crippen molar-refractivity contribution >= 4 is 11.7 Å². The number of anilines is 1. The van der Waals surface area contributed by atoms with E-state index in [0.29, 0.717) is 0 Å². The normalized spacial score (nSPS) is 12.0. The number of hydrogen-bond acceptors (Lipinski definition) is 5. The zero-order valence-electron chi connectivity index (χ0n) is 9.92. The van der Waals surface area contributed by atoms with E-state index in [0.717, 1.165) is 12.8 Å². The Balaban J connectivity index is 2.72. The monoisotopic (exact) mass is 238 g/mol. The molecule has 0 bridgehead atoms. The summed E-state index contributed by atoms with van der Waals surface area (Å²) in [5, 5.41) is 19.1. The number of ether oxygens (including phenoxy) is 1. The SMILES string of the molecule is CCC[C@H](C)OC(=O)c1cccc(N([O-])O)c1. The largest absolute Gasteiger partial charge is 0.733 e. The Kier molecular flexibility index (Phi) is 4.93. The lowest BCUT2D eigenvalue weighted by molar-refractivity contribution is 0.0323. The number of nitrogens with zero attached hydrogens (tertiary/aromatic N) is 1. The van der Waals surface area contributed by atoms with Gasteiger partial charge in [0.2, 0.25) is 0 Å². The van der Waals surface area contributed by atoms with Crippen molar-refractivity contribution in [3.63, 3.8) is 0 Å². The standard InChI is InChI=1S/C12H16NO4/c1-3-5-9(2)17-12(14)10-6-4-7-11(8-10)13(15)16/h4,6-9,15H,3,5H2,1-2H3/q-1/t9-/m0/s1. The van der Waals surface area contributed by atoms with E-state index in [1.54, 1.807) is 0 Å². The predicted molar refractivity (Wildman–Crippen MR) is 63.9 cm³/mol. The quantitative estimate of drug-likeness (QED) is 0.630. The molecule has 0 aliphatic rings. The third-order valence-electron chi connectivity index (χ3n) is 2.31. The summed E-state index contributed by atoms with van der Waals surface area (Å²) < 4.78 is 5.17. The lowest BCUT2D eigenvalue weighted by Crippen LogP contribution is -2.15. The van der Waals surface area contributed by atoms with Crippen LogP contribution in [-0.2, 0) is 4.74 Å². The molecule has 17 heavy (non-hydrogen) atoms. The molecule has 0 amide bonds. The van der Waals surface area contributed by atoms with E-state index in [1.807, 2.05) is 13.8 Å². The number of rotatable bonds is 5. The van der Waals surface area contributed by atoms with Crippen LogP contribution < -0.4 is 5.23 Å². The molecule has 1 aromatic carbocycles. The van der Waals surface area contributed by atoms with Crippen LogP contribution in [0.5, 0.6) is 0 Å². The summed E-state index contributed by atoms with van der Waals surface area (Å²) in [7, 11) is 0. The summed E-state index contributed by atoms with van der Waals surface area (Å²) in [5.74, 6) is -0.491. The molecule has 0 aromatic heterocycles. The number of hydrogen-bond donors (Lipinski definition) is 1. The molecule has 0 saturated carbocycles. The van der Waals surface area contributed by atoms with Gasteiger partial charge in [-0.3, -0.25) is 5.21 Å². The van der Waals surface area contributed by atoms with Gasteiger partial charge in [-0.05, 0) is 31.5 Å². The van der Waals surface area contributed by atoms with Crippen molar-refractivity contribution in [3.05, 3.63) is 35.0 Å². The Morgan fingerprint density at radius 3 is 2.88 bits per heavy atom. The predicted octanol–water partition coefficient (Wildman–Crippen LogP) is 2.73. The average molecular weight is 238 g/mol. The van der Waals surface area contributed by atoms with E-state index in [-0.39, 0.29) is 22.6 Å². The zero-order chi connectivity index (χ0) is 12.8. The van der Waals surface area contributed by atoms with Gasteiger partial charge in [-0.15, -0.1) is 0 Å². The van der Waals surface area contributed by atoms with Crippen LogP contribution in [0.1, 0.15) is 37.0 Å². The number of carbonyl (C=O) groups excluding carboxylic acids is 1. The molecule has 0 aliphatic heterocycles. The fraction of sp³-hybridized carbons (Fsp3) is 0.417. The molecule has 1 rings (SSSR count). The summed E-state index contributed by atoms with van der Waals surface area (Å²) in [6, 6.07) is 5.73. The van der Waals surface area contributed by atoms with Crippen molar-refractivity contribution in [3.8, 4) is 0 Å². The molecule has 0 fully saturated rings. The molecule has 1 N–H and O–H groups in total. The minimum atomic E-state index is -0.491. The van der Waals surface area contributed by atoms with Crippen LogP contribution in [0.4, 0.5) is 5.69 Å². The fourth-order valence-electron chi connectivity index (χ4n) is 1.47. The van der Waals surface area contributed by atoms with Gasteiger partial charge in [0.1, 0.15) is 0 Å². The van der Waals surface area contributed by atoms with Crippen molar-refractivity contribution in [1.82, 2.24) is 0 Å². The summed E-state index contributed by atoms with van der Waals surface area (Å²) in [5.41, 5.74) is 0.253. The molecule has 0 unspecified atom stereocenters. The zero-order valence-corrected chi connectivity index (χ0v) is 9.92. The van der Waals surface area contributed by atoms with Gasteiger partial charge >= 0.3 is 5.97 Å². The number of benzene rings is 1. The first-order chi connectivity index (χ1) is 8.04. The molecule has 1 aromatic rings. The second kappa shape index (κ2) is 6.22. The summed E-state index contributed by atoms with van der Waals surface area (Å²) in [6.07, 6.45) is 1.56. The molecule has 0 saturated heterocycles. The molecular formula is C12H16NO4-. The van der Waals surface area contributed by atoms with E-state index in [9.17, 15) is 10.0 Å². The maximum absolute atomic E-state index is 11.7. The van der Waals surface area contributed by atoms with E-state index in [2.05, 4.69) is 0 Å². The second-order valence-electron chi connectivity index (χ2n) is 3.83. The van der Waals surface area contributed by atoms with Crippen molar-refractivity contribution in [2.24, 2.45) is 0 Å². The van der Waals surface area contributed by atoms with Gasteiger partial charge in [-0.1, -0.05) is 19.4 Å². The minimum absolute atomic E-state index is 0.00240. The van der Waals surface area contributed by atoms with Crippen LogP contribution in [0.15, 0.2) is 24.3 Å². The first kappa shape index (κ1) is 13.5. The van der Waals surface area contributed by atoms with Crippen molar-refractivity contribution in [2.45, 2.75) is 32.8 Å². The minimum Gasteiger partial charge on any atom is -0.733 e. The van der Waals surface area contributed by atoms with Crippen LogP contribution in [0, 0.1) is 5.21 Å². The molecule has 1 atom stereocenters. The lowest BCUT2D eigenvalue weighted by atomic mass is 10.2. The highest BCUT2D eigenvalue weighted by atomic mass is 16.8. The van der Waals surface area contributed by atoms with E-state index in [4.69, 9.17) is 9.94 Å². The Morgan fingerprint density at radius 2 is 2.29 bits per heavy atom. The number of carbonyl (C=O) groups is 1.